The number of hydrogen-bond acceptors (Lipinski definition) is 3. The van der Waals surface area contributed by atoms with Gasteiger partial charge in [0.25, 0.3) is 5.91 Å². The summed E-state index contributed by atoms with van der Waals surface area (Å²) in [5.74, 6) is -0.555. The molecule has 1 amide bonds. The number of nitrogens with one attached hydrogen (secondary N) is 1. The van der Waals surface area contributed by atoms with Crippen LogP contribution in [0.4, 0.5) is 4.39 Å². The first-order valence-corrected chi connectivity index (χ1v) is 6.77. The van der Waals surface area contributed by atoms with Crippen LogP contribution in [0, 0.1) is 5.82 Å². The standard InChI is InChI=1S/C15H23FN2O2/c1-6-17-10(2)12-7-8-14(13(16)9-12)20-11(3)15(19)18(4)5/h7-11,17H,6H2,1-5H3. The molecule has 0 aliphatic heterocycles. The van der Waals surface area contributed by atoms with E-state index in [-0.39, 0.29) is 17.7 Å². The van der Waals surface area contributed by atoms with Crippen LogP contribution in [0.2, 0.25) is 0 Å². The third-order valence-electron chi connectivity index (χ3n) is 3.06. The van der Waals surface area contributed by atoms with Gasteiger partial charge in [0.2, 0.25) is 0 Å². The molecule has 0 bridgehead atoms. The molecule has 0 aliphatic rings. The van der Waals surface area contributed by atoms with Gasteiger partial charge in [-0.1, -0.05) is 13.0 Å². The molecule has 0 fully saturated rings. The van der Waals surface area contributed by atoms with Crippen LogP contribution in [0.25, 0.3) is 0 Å². The van der Waals surface area contributed by atoms with E-state index < -0.39 is 11.9 Å². The predicted molar refractivity (Wildman–Crippen MR) is 77.3 cm³/mol. The van der Waals surface area contributed by atoms with Crippen LogP contribution < -0.4 is 10.1 Å². The number of benzene rings is 1. The smallest absolute Gasteiger partial charge is 0.262 e. The molecular formula is C15H23FN2O2. The molecule has 4 nitrogen and oxygen atoms in total. The summed E-state index contributed by atoms with van der Waals surface area (Å²) >= 11 is 0. The van der Waals surface area contributed by atoms with E-state index in [4.69, 9.17) is 4.74 Å². The Kier molecular flexibility index (Phi) is 5.95. The van der Waals surface area contributed by atoms with Crippen molar-refractivity contribution in [3.63, 3.8) is 0 Å². The number of carbonyl (C=O) groups is 1. The highest BCUT2D eigenvalue weighted by Crippen LogP contribution is 2.23. The summed E-state index contributed by atoms with van der Waals surface area (Å²) in [6.07, 6.45) is -0.712. The van der Waals surface area contributed by atoms with Crippen LogP contribution in [-0.2, 0) is 4.79 Å². The van der Waals surface area contributed by atoms with Gasteiger partial charge in [0.05, 0.1) is 0 Å². The van der Waals surface area contributed by atoms with Gasteiger partial charge in [-0.15, -0.1) is 0 Å². The minimum Gasteiger partial charge on any atom is -0.478 e. The first-order valence-electron chi connectivity index (χ1n) is 6.77. The molecule has 2 atom stereocenters. The molecule has 0 aliphatic carbocycles. The Labute approximate surface area is 119 Å². The van der Waals surface area contributed by atoms with Crippen LogP contribution in [0.15, 0.2) is 18.2 Å². The van der Waals surface area contributed by atoms with Crippen molar-refractivity contribution in [2.75, 3.05) is 20.6 Å². The van der Waals surface area contributed by atoms with E-state index >= 15 is 0 Å². The predicted octanol–water partition coefficient (Wildman–Crippen LogP) is 2.35. The molecule has 1 N–H and O–H groups in total. The van der Waals surface area contributed by atoms with E-state index in [0.717, 1.165) is 12.1 Å². The van der Waals surface area contributed by atoms with Gasteiger partial charge in [-0.05, 0) is 38.1 Å². The van der Waals surface area contributed by atoms with E-state index in [1.165, 1.54) is 11.0 Å². The average molecular weight is 282 g/mol. The molecule has 0 saturated carbocycles. The first-order chi connectivity index (χ1) is 9.36. The molecule has 20 heavy (non-hydrogen) atoms. The maximum absolute atomic E-state index is 14.0. The third kappa shape index (κ3) is 4.20. The minimum atomic E-state index is -0.712. The van der Waals surface area contributed by atoms with Gasteiger partial charge in [0.15, 0.2) is 17.7 Å². The van der Waals surface area contributed by atoms with Gasteiger partial charge in [0.1, 0.15) is 0 Å². The molecule has 0 radical (unpaired) electrons. The molecule has 0 aromatic heterocycles. The lowest BCUT2D eigenvalue weighted by atomic mass is 10.1. The number of ether oxygens (including phenoxy) is 1. The maximum Gasteiger partial charge on any atom is 0.262 e. The van der Waals surface area contributed by atoms with Crippen molar-refractivity contribution in [3.8, 4) is 5.75 Å². The van der Waals surface area contributed by atoms with Crippen LogP contribution >= 0.6 is 0 Å². The van der Waals surface area contributed by atoms with Crippen molar-refractivity contribution in [1.29, 1.82) is 0 Å². The first kappa shape index (κ1) is 16.4. The quantitative estimate of drug-likeness (QED) is 0.871. The number of amides is 1. The fourth-order valence-corrected chi connectivity index (χ4v) is 1.91. The normalized spacial score (nSPS) is 13.7. The molecule has 112 valence electrons. The molecular weight excluding hydrogens is 259 g/mol. The van der Waals surface area contributed by atoms with Crippen molar-refractivity contribution in [2.24, 2.45) is 0 Å². The van der Waals surface area contributed by atoms with Gasteiger partial charge in [0, 0.05) is 20.1 Å². The zero-order valence-corrected chi connectivity index (χ0v) is 12.7. The number of nitrogens with zero attached hydrogens (tertiary/aromatic N) is 1. The number of likely N-dealkylation sites (N-methyl/N-ethyl adjacent to an activating group) is 1. The van der Waals surface area contributed by atoms with Gasteiger partial charge < -0.3 is 15.0 Å². The number of rotatable bonds is 6. The van der Waals surface area contributed by atoms with Crippen LogP contribution in [0.5, 0.6) is 5.75 Å². The lowest BCUT2D eigenvalue weighted by Crippen LogP contribution is -2.35. The lowest BCUT2D eigenvalue weighted by molar-refractivity contribution is -0.135. The molecule has 0 heterocycles. The Morgan fingerprint density at radius 1 is 1.40 bits per heavy atom. The molecule has 5 heteroatoms. The second kappa shape index (κ2) is 7.24. The highest BCUT2D eigenvalue weighted by atomic mass is 19.1. The average Bonchev–Trinajstić information content (AvgIpc) is 2.40. The summed E-state index contributed by atoms with van der Waals surface area (Å²) in [6, 6.07) is 4.89. The third-order valence-corrected chi connectivity index (χ3v) is 3.06. The minimum absolute atomic E-state index is 0.0735. The van der Waals surface area contributed by atoms with E-state index in [1.54, 1.807) is 33.2 Å². The van der Waals surface area contributed by atoms with E-state index in [2.05, 4.69) is 5.32 Å². The Balaban J connectivity index is 2.81. The molecule has 0 saturated heterocycles. The molecule has 0 spiro atoms. The summed E-state index contributed by atoms with van der Waals surface area (Å²) in [7, 11) is 3.28. The Morgan fingerprint density at radius 3 is 2.55 bits per heavy atom. The van der Waals surface area contributed by atoms with Crippen LogP contribution in [0.3, 0.4) is 0 Å². The zero-order valence-electron chi connectivity index (χ0n) is 12.7. The summed E-state index contributed by atoms with van der Waals surface area (Å²) < 4.78 is 19.4. The van der Waals surface area contributed by atoms with Crippen molar-refractivity contribution in [2.45, 2.75) is 32.9 Å². The Bertz CT molecular complexity index is 463. The summed E-state index contributed by atoms with van der Waals surface area (Å²) in [5, 5.41) is 3.21. The van der Waals surface area contributed by atoms with Gasteiger partial charge in [-0.3, -0.25) is 4.79 Å². The van der Waals surface area contributed by atoms with Crippen LogP contribution in [-0.4, -0.2) is 37.6 Å². The number of hydrogen-bond donors (Lipinski definition) is 1. The second-order valence-electron chi connectivity index (χ2n) is 4.96. The molecule has 2 unspecified atom stereocenters. The SMILES string of the molecule is CCNC(C)c1ccc(OC(C)C(=O)N(C)C)c(F)c1. The maximum atomic E-state index is 14.0. The highest BCUT2D eigenvalue weighted by molar-refractivity contribution is 5.80. The largest absolute Gasteiger partial charge is 0.478 e. The fourth-order valence-electron chi connectivity index (χ4n) is 1.91. The lowest BCUT2D eigenvalue weighted by Gasteiger charge is -2.19. The highest BCUT2D eigenvalue weighted by Gasteiger charge is 2.18. The summed E-state index contributed by atoms with van der Waals surface area (Å²) in [4.78, 5) is 13.1. The Hall–Kier alpha value is -1.62. The number of carbonyl (C=O) groups excluding carboxylic acids is 1. The molecule has 1 aromatic carbocycles. The van der Waals surface area contributed by atoms with Gasteiger partial charge in [-0.2, -0.15) is 0 Å². The zero-order chi connectivity index (χ0) is 15.3. The van der Waals surface area contributed by atoms with Crippen molar-refractivity contribution in [1.82, 2.24) is 10.2 Å². The second-order valence-corrected chi connectivity index (χ2v) is 4.96. The topological polar surface area (TPSA) is 41.6 Å². The molecule has 1 rings (SSSR count). The van der Waals surface area contributed by atoms with Gasteiger partial charge >= 0.3 is 0 Å². The summed E-state index contributed by atoms with van der Waals surface area (Å²) in [6.45, 7) is 6.39. The fraction of sp³-hybridized carbons (Fsp3) is 0.533. The number of halogens is 1. The van der Waals surface area contributed by atoms with Crippen LogP contribution in [0.1, 0.15) is 32.4 Å². The van der Waals surface area contributed by atoms with Crippen molar-refractivity contribution < 1.29 is 13.9 Å². The summed E-state index contributed by atoms with van der Waals surface area (Å²) in [5.41, 5.74) is 0.850. The van der Waals surface area contributed by atoms with Gasteiger partial charge in [-0.25, -0.2) is 4.39 Å². The molecule has 1 aromatic rings. The van der Waals surface area contributed by atoms with E-state index in [1.807, 2.05) is 13.8 Å². The monoisotopic (exact) mass is 282 g/mol. The Morgan fingerprint density at radius 2 is 2.05 bits per heavy atom. The van der Waals surface area contributed by atoms with E-state index in [9.17, 15) is 9.18 Å². The van der Waals surface area contributed by atoms with Crippen molar-refractivity contribution >= 4 is 5.91 Å². The van der Waals surface area contributed by atoms with Crippen molar-refractivity contribution in [3.05, 3.63) is 29.6 Å². The van der Waals surface area contributed by atoms with E-state index in [0.29, 0.717) is 0 Å².